The SMILES string of the molecule is C=Cc1ccccc1CCC.CCNCC. The Kier molecular flexibility index (Phi) is 9.73. The van der Waals surface area contributed by atoms with Crippen LogP contribution < -0.4 is 5.32 Å². The molecule has 90 valence electrons. The molecule has 1 heteroatoms. The van der Waals surface area contributed by atoms with E-state index >= 15 is 0 Å². The lowest BCUT2D eigenvalue weighted by Crippen LogP contribution is -2.09. The minimum absolute atomic E-state index is 1.09. The second-order valence-electron chi connectivity index (χ2n) is 3.61. The average Bonchev–Trinajstić information content (AvgIpc) is 2.32. The lowest BCUT2D eigenvalue weighted by Gasteiger charge is -2.02. The highest BCUT2D eigenvalue weighted by Crippen LogP contribution is 2.11. The summed E-state index contributed by atoms with van der Waals surface area (Å²) < 4.78 is 0. The quantitative estimate of drug-likeness (QED) is 0.792. The van der Waals surface area contributed by atoms with Gasteiger partial charge in [-0.15, -0.1) is 0 Å². The third-order valence-corrected chi connectivity index (χ3v) is 2.29. The molecule has 1 aromatic rings. The first-order valence-electron chi connectivity index (χ1n) is 6.21. The summed E-state index contributed by atoms with van der Waals surface area (Å²) in [6, 6.07) is 8.41. The zero-order valence-electron chi connectivity index (χ0n) is 10.9. The predicted molar refractivity (Wildman–Crippen MR) is 74.7 cm³/mol. The van der Waals surface area contributed by atoms with Crippen molar-refractivity contribution in [1.29, 1.82) is 0 Å². The highest BCUT2D eigenvalue weighted by atomic mass is 14.8. The van der Waals surface area contributed by atoms with Gasteiger partial charge in [-0.05, 0) is 30.6 Å². The molecule has 0 saturated carbocycles. The summed E-state index contributed by atoms with van der Waals surface area (Å²) >= 11 is 0. The Labute approximate surface area is 101 Å². The molecule has 0 aliphatic heterocycles. The zero-order valence-corrected chi connectivity index (χ0v) is 10.9. The molecule has 1 nitrogen and oxygen atoms in total. The van der Waals surface area contributed by atoms with Crippen LogP contribution in [0.2, 0.25) is 0 Å². The van der Waals surface area contributed by atoms with E-state index < -0.39 is 0 Å². The number of rotatable bonds is 5. The van der Waals surface area contributed by atoms with Crippen molar-refractivity contribution in [3.8, 4) is 0 Å². The number of benzene rings is 1. The Balaban J connectivity index is 0.000000385. The third kappa shape index (κ3) is 6.41. The Bertz CT molecular complexity index is 277. The van der Waals surface area contributed by atoms with Crippen LogP contribution in [0.25, 0.3) is 6.08 Å². The van der Waals surface area contributed by atoms with Gasteiger partial charge in [-0.2, -0.15) is 0 Å². The van der Waals surface area contributed by atoms with E-state index in [4.69, 9.17) is 0 Å². The van der Waals surface area contributed by atoms with Crippen molar-refractivity contribution >= 4 is 6.08 Å². The average molecular weight is 219 g/mol. The van der Waals surface area contributed by atoms with E-state index in [1.807, 2.05) is 6.08 Å². The van der Waals surface area contributed by atoms with Crippen molar-refractivity contribution in [3.63, 3.8) is 0 Å². The largest absolute Gasteiger partial charge is 0.317 e. The minimum atomic E-state index is 1.09. The van der Waals surface area contributed by atoms with Crippen molar-refractivity contribution in [1.82, 2.24) is 5.32 Å². The zero-order chi connectivity index (χ0) is 12.2. The molecule has 1 rings (SSSR count). The number of aryl methyl sites for hydroxylation is 1. The summed E-state index contributed by atoms with van der Waals surface area (Å²) in [7, 11) is 0. The van der Waals surface area contributed by atoms with Gasteiger partial charge in [-0.3, -0.25) is 0 Å². The number of nitrogens with one attached hydrogen (secondary N) is 1. The van der Waals surface area contributed by atoms with Crippen LogP contribution in [0.1, 0.15) is 38.3 Å². The van der Waals surface area contributed by atoms with Gasteiger partial charge in [0.15, 0.2) is 0 Å². The molecule has 0 spiro atoms. The molecule has 0 aromatic heterocycles. The molecule has 0 heterocycles. The second-order valence-corrected chi connectivity index (χ2v) is 3.61. The first kappa shape index (κ1) is 14.9. The molecule has 0 bridgehead atoms. The van der Waals surface area contributed by atoms with E-state index in [9.17, 15) is 0 Å². The minimum Gasteiger partial charge on any atom is -0.317 e. The van der Waals surface area contributed by atoms with E-state index in [0.717, 1.165) is 19.5 Å². The second kappa shape index (κ2) is 10.4. The smallest absolute Gasteiger partial charge is 0.00775 e. The lowest BCUT2D eigenvalue weighted by atomic mass is 10.0. The standard InChI is InChI=1S/C11H14.C4H11N/c1-3-7-11-9-6-5-8-10(11)4-2;1-3-5-4-2/h4-6,8-9H,2-3,7H2,1H3;5H,3-4H2,1-2H3. The normalized spacial score (nSPS) is 9.19. The molecule has 0 unspecified atom stereocenters. The molecule has 16 heavy (non-hydrogen) atoms. The van der Waals surface area contributed by atoms with E-state index in [1.54, 1.807) is 0 Å². The van der Waals surface area contributed by atoms with Crippen molar-refractivity contribution in [2.75, 3.05) is 13.1 Å². The first-order chi connectivity index (χ1) is 7.79. The van der Waals surface area contributed by atoms with Gasteiger partial charge in [0, 0.05) is 0 Å². The van der Waals surface area contributed by atoms with Crippen LogP contribution in [-0.4, -0.2) is 13.1 Å². The number of hydrogen-bond donors (Lipinski definition) is 1. The van der Waals surface area contributed by atoms with Crippen molar-refractivity contribution in [2.24, 2.45) is 0 Å². The van der Waals surface area contributed by atoms with Crippen LogP contribution in [0.3, 0.4) is 0 Å². The molecule has 0 saturated heterocycles. The van der Waals surface area contributed by atoms with Crippen LogP contribution >= 0.6 is 0 Å². The maximum atomic E-state index is 3.77. The summed E-state index contributed by atoms with van der Waals surface area (Å²) in [5.74, 6) is 0. The van der Waals surface area contributed by atoms with Crippen molar-refractivity contribution < 1.29 is 0 Å². The molecule has 0 amide bonds. The Hall–Kier alpha value is -1.08. The summed E-state index contributed by atoms with van der Waals surface area (Å²) in [4.78, 5) is 0. The summed E-state index contributed by atoms with van der Waals surface area (Å²) in [5.41, 5.74) is 2.68. The van der Waals surface area contributed by atoms with Gasteiger partial charge in [0.1, 0.15) is 0 Å². The van der Waals surface area contributed by atoms with E-state index in [0.29, 0.717) is 0 Å². The fraction of sp³-hybridized carbons (Fsp3) is 0.467. The first-order valence-corrected chi connectivity index (χ1v) is 6.21. The van der Waals surface area contributed by atoms with E-state index in [1.165, 1.54) is 17.5 Å². The Morgan fingerprint density at radius 3 is 2.19 bits per heavy atom. The molecule has 0 fully saturated rings. The molecule has 1 N–H and O–H groups in total. The van der Waals surface area contributed by atoms with E-state index in [2.05, 4.69) is 56.9 Å². The van der Waals surface area contributed by atoms with Gasteiger partial charge in [-0.1, -0.05) is 64.1 Å². The maximum Gasteiger partial charge on any atom is -0.00775 e. The highest BCUT2D eigenvalue weighted by molar-refractivity contribution is 5.51. The van der Waals surface area contributed by atoms with Gasteiger partial charge >= 0.3 is 0 Å². The fourth-order valence-corrected chi connectivity index (χ4v) is 1.48. The molecule has 0 atom stereocenters. The van der Waals surface area contributed by atoms with Gasteiger partial charge in [0.2, 0.25) is 0 Å². The van der Waals surface area contributed by atoms with Crippen LogP contribution in [0.5, 0.6) is 0 Å². The van der Waals surface area contributed by atoms with Gasteiger partial charge in [-0.25, -0.2) is 0 Å². The topological polar surface area (TPSA) is 12.0 Å². The van der Waals surface area contributed by atoms with Crippen molar-refractivity contribution in [3.05, 3.63) is 42.0 Å². The number of hydrogen-bond acceptors (Lipinski definition) is 1. The molecule has 0 aliphatic rings. The molecule has 0 radical (unpaired) electrons. The van der Waals surface area contributed by atoms with Crippen LogP contribution in [0, 0.1) is 0 Å². The highest BCUT2D eigenvalue weighted by Gasteiger charge is 1.94. The molecule has 0 aliphatic carbocycles. The third-order valence-electron chi connectivity index (χ3n) is 2.29. The monoisotopic (exact) mass is 219 g/mol. The molecular weight excluding hydrogens is 194 g/mol. The van der Waals surface area contributed by atoms with Crippen LogP contribution in [0.15, 0.2) is 30.8 Å². The van der Waals surface area contributed by atoms with Gasteiger partial charge < -0.3 is 5.32 Å². The Morgan fingerprint density at radius 1 is 1.12 bits per heavy atom. The summed E-state index contributed by atoms with van der Waals surface area (Å²) in [6.07, 6.45) is 4.28. The van der Waals surface area contributed by atoms with Crippen LogP contribution in [0.4, 0.5) is 0 Å². The van der Waals surface area contributed by atoms with Gasteiger partial charge in [0.05, 0.1) is 0 Å². The van der Waals surface area contributed by atoms with E-state index in [-0.39, 0.29) is 0 Å². The predicted octanol–water partition coefficient (Wildman–Crippen LogP) is 3.90. The Morgan fingerprint density at radius 2 is 1.75 bits per heavy atom. The summed E-state index contributed by atoms with van der Waals surface area (Å²) in [6.45, 7) is 12.4. The lowest BCUT2D eigenvalue weighted by molar-refractivity contribution is 0.762. The maximum absolute atomic E-state index is 3.77. The fourth-order valence-electron chi connectivity index (χ4n) is 1.48. The summed E-state index contributed by atoms with van der Waals surface area (Å²) in [5, 5.41) is 3.11. The van der Waals surface area contributed by atoms with Gasteiger partial charge in [0.25, 0.3) is 0 Å². The molecular formula is C15H25N. The molecule has 1 aromatic carbocycles. The van der Waals surface area contributed by atoms with Crippen molar-refractivity contribution in [2.45, 2.75) is 33.6 Å². The van der Waals surface area contributed by atoms with Crippen LogP contribution in [-0.2, 0) is 6.42 Å².